The Morgan fingerprint density at radius 2 is 2.28 bits per heavy atom. The van der Waals surface area contributed by atoms with Gasteiger partial charge in [-0.1, -0.05) is 23.3 Å². The molecule has 0 atom stereocenters. The Kier molecular flexibility index (Phi) is 5.06. The first-order valence-electron chi connectivity index (χ1n) is 6.08. The maximum Gasteiger partial charge on any atom is 0.251 e. The van der Waals surface area contributed by atoms with Gasteiger partial charge in [0.05, 0.1) is 5.02 Å². The van der Waals surface area contributed by atoms with Crippen LogP contribution in [0.3, 0.4) is 0 Å². The van der Waals surface area contributed by atoms with Gasteiger partial charge in [0.1, 0.15) is 0 Å². The molecule has 18 heavy (non-hydrogen) atoms. The lowest BCUT2D eigenvalue weighted by Crippen LogP contribution is -2.24. The van der Waals surface area contributed by atoms with Crippen LogP contribution in [0.2, 0.25) is 5.02 Å². The van der Waals surface area contributed by atoms with Crippen molar-refractivity contribution >= 4 is 40.1 Å². The lowest BCUT2D eigenvalue weighted by atomic mass is 10.1. The van der Waals surface area contributed by atoms with Crippen LogP contribution < -0.4 is 5.32 Å². The fourth-order valence-corrected chi connectivity index (χ4v) is 2.56. The van der Waals surface area contributed by atoms with E-state index in [1.54, 1.807) is 12.1 Å². The van der Waals surface area contributed by atoms with Gasteiger partial charge in [-0.15, -0.1) is 0 Å². The van der Waals surface area contributed by atoms with Crippen LogP contribution in [0.25, 0.3) is 0 Å². The summed E-state index contributed by atoms with van der Waals surface area (Å²) in [6, 6.07) is 5.38. The second-order valence-corrected chi connectivity index (χ2v) is 5.96. The van der Waals surface area contributed by atoms with E-state index in [9.17, 15) is 4.79 Å². The van der Waals surface area contributed by atoms with Gasteiger partial charge in [-0.25, -0.2) is 0 Å². The Labute approximate surface area is 126 Å². The minimum absolute atomic E-state index is 0.0492. The van der Waals surface area contributed by atoms with Crippen LogP contribution in [0.1, 0.15) is 36.0 Å². The van der Waals surface area contributed by atoms with Gasteiger partial charge < -0.3 is 5.32 Å². The smallest absolute Gasteiger partial charge is 0.251 e. The number of carbonyl (C=O) groups excluding carboxylic acids is 1. The monoisotopic (exact) mass is 375 g/mol. The Morgan fingerprint density at radius 3 is 2.94 bits per heavy atom. The first-order valence-corrected chi connectivity index (χ1v) is 7.53. The van der Waals surface area contributed by atoms with Crippen molar-refractivity contribution < 1.29 is 4.79 Å². The van der Waals surface area contributed by atoms with E-state index in [-0.39, 0.29) is 5.91 Å². The molecule has 0 spiro atoms. The Bertz CT molecular complexity index is 485. The molecule has 0 heterocycles. The first kappa shape index (κ1) is 13.9. The maximum atomic E-state index is 11.9. The molecule has 1 amide bonds. The van der Waals surface area contributed by atoms with Crippen molar-refractivity contribution in [3.63, 3.8) is 0 Å². The van der Waals surface area contributed by atoms with E-state index >= 15 is 0 Å². The van der Waals surface area contributed by atoms with E-state index < -0.39 is 0 Å². The van der Waals surface area contributed by atoms with E-state index in [0.29, 0.717) is 17.1 Å². The van der Waals surface area contributed by atoms with Gasteiger partial charge >= 0.3 is 0 Å². The second kappa shape index (κ2) is 6.57. The van der Waals surface area contributed by atoms with Gasteiger partial charge in [0.15, 0.2) is 0 Å². The van der Waals surface area contributed by atoms with Crippen molar-refractivity contribution in [2.24, 2.45) is 0 Å². The number of rotatable bonds is 4. The number of halogens is 2. The van der Waals surface area contributed by atoms with Gasteiger partial charge in [-0.2, -0.15) is 0 Å². The Balaban J connectivity index is 1.85. The van der Waals surface area contributed by atoms with Crippen molar-refractivity contribution in [3.8, 4) is 0 Å². The normalized spacial score (nSPS) is 14.4. The summed E-state index contributed by atoms with van der Waals surface area (Å²) in [4.78, 5) is 11.9. The molecule has 4 heteroatoms. The Morgan fingerprint density at radius 1 is 1.44 bits per heavy atom. The molecular weight excluding hydrogens is 361 g/mol. The van der Waals surface area contributed by atoms with Crippen LogP contribution in [0.15, 0.2) is 29.8 Å². The number of hydrogen-bond acceptors (Lipinski definition) is 1. The highest BCUT2D eigenvalue weighted by molar-refractivity contribution is 14.1. The number of carbonyl (C=O) groups is 1. The summed E-state index contributed by atoms with van der Waals surface area (Å²) in [7, 11) is 0. The van der Waals surface area contributed by atoms with Gasteiger partial charge in [-0.05, 0) is 66.5 Å². The number of amides is 1. The molecule has 0 aromatic heterocycles. The average molecular weight is 376 g/mol. The molecule has 2 nitrogen and oxygen atoms in total. The topological polar surface area (TPSA) is 29.1 Å². The molecule has 1 aliphatic carbocycles. The van der Waals surface area contributed by atoms with E-state index in [1.165, 1.54) is 24.8 Å². The van der Waals surface area contributed by atoms with Crippen LogP contribution >= 0.6 is 34.2 Å². The lowest BCUT2D eigenvalue weighted by Gasteiger charge is -2.06. The molecule has 0 bridgehead atoms. The fraction of sp³-hybridized carbons (Fsp3) is 0.357. The quantitative estimate of drug-likeness (QED) is 0.621. The zero-order valence-electron chi connectivity index (χ0n) is 10.0. The molecule has 1 aromatic rings. The summed E-state index contributed by atoms with van der Waals surface area (Å²) in [5.74, 6) is -0.0492. The molecular formula is C14H15ClINO. The van der Waals surface area contributed by atoms with Gasteiger partial charge in [-0.3, -0.25) is 4.79 Å². The van der Waals surface area contributed by atoms with E-state index in [0.717, 1.165) is 9.99 Å². The maximum absolute atomic E-state index is 11.9. The predicted molar refractivity (Wildman–Crippen MR) is 83.1 cm³/mol. The number of allylic oxidation sites excluding steroid dienone is 1. The number of benzene rings is 1. The summed E-state index contributed by atoms with van der Waals surface area (Å²) in [5.41, 5.74) is 2.09. The summed E-state index contributed by atoms with van der Waals surface area (Å²) >= 11 is 8.15. The third kappa shape index (κ3) is 3.72. The third-order valence-corrected chi connectivity index (χ3v) is 4.62. The van der Waals surface area contributed by atoms with Crippen LogP contribution in [0, 0.1) is 3.57 Å². The highest BCUT2D eigenvalue weighted by atomic mass is 127. The Hall–Kier alpha value is -0.550. The highest BCUT2D eigenvalue weighted by Gasteiger charge is 2.08. The zero-order chi connectivity index (χ0) is 13.0. The molecule has 2 rings (SSSR count). The van der Waals surface area contributed by atoms with Crippen LogP contribution in [-0.2, 0) is 0 Å². The van der Waals surface area contributed by atoms with Crippen molar-refractivity contribution in [1.82, 2.24) is 5.32 Å². The van der Waals surface area contributed by atoms with Crippen LogP contribution in [-0.4, -0.2) is 12.5 Å². The molecule has 1 N–H and O–H groups in total. The zero-order valence-corrected chi connectivity index (χ0v) is 12.9. The molecule has 0 saturated carbocycles. The largest absolute Gasteiger partial charge is 0.352 e. The van der Waals surface area contributed by atoms with Gasteiger partial charge in [0.2, 0.25) is 0 Å². The predicted octanol–water partition coefficient (Wildman–Crippen LogP) is 4.17. The number of hydrogen-bond donors (Lipinski definition) is 1. The summed E-state index contributed by atoms with van der Waals surface area (Å²) < 4.78 is 0.960. The lowest BCUT2D eigenvalue weighted by molar-refractivity contribution is 0.0954. The van der Waals surface area contributed by atoms with Crippen LogP contribution in [0.5, 0.6) is 0 Å². The number of nitrogens with one attached hydrogen (secondary N) is 1. The van der Waals surface area contributed by atoms with Gasteiger partial charge in [0, 0.05) is 15.7 Å². The summed E-state index contributed by atoms with van der Waals surface area (Å²) in [6.07, 6.45) is 6.88. The van der Waals surface area contributed by atoms with Gasteiger partial charge in [0.25, 0.3) is 5.91 Å². The van der Waals surface area contributed by atoms with E-state index in [2.05, 4.69) is 34.0 Å². The fourth-order valence-electron chi connectivity index (χ4n) is 2.04. The average Bonchev–Trinajstić information content (AvgIpc) is 2.85. The summed E-state index contributed by atoms with van der Waals surface area (Å²) in [6.45, 7) is 0.703. The third-order valence-electron chi connectivity index (χ3n) is 3.05. The SMILES string of the molecule is O=C(NCCC1=CCCC1)c1ccc(I)c(Cl)c1. The molecule has 0 saturated heterocycles. The summed E-state index contributed by atoms with van der Waals surface area (Å²) in [5, 5.41) is 3.56. The van der Waals surface area contributed by atoms with Crippen molar-refractivity contribution in [2.75, 3.05) is 6.54 Å². The second-order valence-electron chi connectivity index (χ2n) is 4.39. The molecule has 0 radical (unpaired) electrons. The van der Waals surface area contributed by atoms with Crippen molar-refractivity contribution in [3.05, 3.63) is 44.0 Å². The van der Waals surface area contributed by atoms with Crippen molar-refractivity contribution in [2.45, 2.75) is 25.7 Å². The standard InChI is InChI=1S/C14H15ClINO/c15-12-9-11(5-6-13(12)16)14(18)17-8-7-10-3-1-2-4-10/h3,5-6,9H,1-2,4,7-8H2,(H,17,18). The highest BCUT2D eigenvalue weighted by Crippen LogP contribution is 2.21. The minimum Gasteiger partial charge on any atom is -0.352 e. The first-order chi connectivity index (χ1) is 8.66. The molecule has 96 valence electrons. The molecule has 0 fully saturated rings. The van der Waals surface area contributed by atoms with Crippen molar-refractivity contribution in [1.29, 1.82) is 0 Å². The van der Waals surface area contributed by atoms with E-state index in [1.807, 2.05) is 6.07 Å². The molecule has 1 aromatic carbocycles. The molecule has 0 aliphatic heterocycles. The van der Waals surface area contributed by atoms with Crippen LogP contribution in [0.4, 0.5) is 0 Å². The van der Waals surface area contributed by atoms with E-state index in [4.69, 9.17) is 11.6 Å². The molecule has 1 aliphatic rings. The minimum atomic E-state index is -0.0492. The molecule has 0 unspecified atom stereocenters.